The topological polar surface area (TPSA) is 82.5 Å². The second-order valence-electron chi connectivity index (χ2n) is 3.50. The van der Waals surface area contributed by atoms with Crippen LogP contribution in [-0.2, 0) is 6.42 Å². The molecular formula is C10H14N6. The molecule has 0 aliphatic rings. The number of hydrogen-bond donors (Lipinski definition) is 1. The molecule has 0 radical (unpaired) electrons. The molecule has 0 fully saturated rings. The summed E-state index contributed by atoms with van der Waals surface area (Å²) in [7, 11) is 0. The van der Waals surface area contributed by atoms with Gasteiger partial charge in [-0.2, -0.15) is 0 Å². The summed E-state index contributed by atoms with van der Waals surface area (Å²) < 4.78 is 1.68. The summed E-state index contributed by atoms with van der Waals surface area (Å²) in [5.74, 6) is 0. The number of aryl methyl sites for hydroxylation is 1. The average molecular weight is 218 g/mol. The number of nitrogens with two attached hydrogens (primary N) is 1. The van der Waals surface area contributed by atoms with Gasteiger partial charge in [-0.1, -0.05) is 5.21 Å². The van der Waals surface area contributed by atoms with Crippen molar-refractivity contribution in [1.82, 2.24) is 25.0 Å². The van der Waals surface area contributed by atoms with E-state index in [1.54, 1.807) is 17.1 Å². The smallest absolute Gasteiger partial charge is 0.115 e. The van der Waals surface area contributed by atoms with Crippen molar-refractivity contribution in [2.24, 2.45) is 5.73 Å². The zero-order valence-corrected chi connectivity index (χ0v) is 8.95. The maximum absolute atomic E-state index is 5.43. The largest absolute Gasteiger partial charge is 0.330 e. The van der Waals surface area contributed by atoms with Crippen LogP contribution in [0.4, 0.5) is 0 Å². The van der Waals surface area contributed by atoms with Gasteiger partial charge in [-0.15, -0.1) is 5.10 Å². The molecule has 0 unspecified atom stereocenters. The Hall–Kier alpha value is -1.82. The Morgan fingerprint density at radius 2 is 2.00 bits per heavy atom. The summed E-state index contributed by atoms with van der Waals surface area (Å²) >= 11 is 0. The molecule has 0 aromatic carbocycles. The maximum Gasteiger partial charge on any atom is 0.115 e. The highest BCUT2D eigenvalue weighted by molar-refractivity contribution is 5.22. The fraction of sp³-hybridized carbons (Fsp3) is 0.400. The molecule has 0 atom stereocenters. The van der Waals surface area contributed by atoms with E-state index in [0.29, 0.717) is 0 Å². The van der Waals surface area contributed by atoms with Gasteiger partial charge in [0.2, 0.25) is 0 Å². The Bertz CT molecular complexity index is 424. The first-order valence-corrected chi connectivity index (χ1v) is 5.27. The normalized spacial score (nSPS) is 10.6. The Morgan fingerprint density at radius 3 is 2.75 bits per heavy atom. The van der Waals surface area contributed by atoms with Crippen LogP contribution in [0.2, 0.25) is 0 Å². The first-order chi connectivity index (χ1) is 7.90. The summed E-state index contributed by atoms with van der Waals surface area (Å²) in [5.41, 5.74) is 7.22. The van der Waals surface area contributed by atoms with Crippen LogP contribution in [0.1, 0.15) is 18.5 Å². The Kier molecular flexibility index (Phi) is 3.55. The second-order valence-corrected chi connectivity index (χ2v) is 3.50. The quantitative estimate of drug-likeness (QED) is 0.732. The van der Waals surface area contributed by atoms with Gasteiger partial charge in [-0.05, 0) is 25.8 Å². The van der Waals surface area contributed by atoms with Gasteiger partial charge < -0.3 is 5.73 Å². The molecule has 6 nitrogen and oxygen atoms in total. The van der Waals surface area contributed by atoms with Crippen LogP contribution in [0.15, 0.2) is 24.9 Å². The van der Waals surface area contributed by atoms with Crippen molar-refractivity contribution in [1.29, 1.82) is 0 Å². The van der Waals surface area contributed by atoms with Crippen LogP contribution in [0.25, 0.3) is 5.69 Å². The summed E-state index contributed by atoms with van der Waals surface area (Å²) in [6.07, 6.45) is 9.75. The van der Waals surface area contributed by atoms with E-state index in [9.17, 15) is 0 Å². The molecule has 6 heteroatoms. The third-order valence-electron chi connectivity index (χ3n) is 2.24. The van der Waals surface area contributed by atoms with Crippen LogP contribution in [0.3, 0.4) is 0 Å². The molecular weight excluding hydrogens is 204 g/mol. The molecule has 0 aliphatic heterocycles. The fourth-order valence-corrected chi connectivity index (χ4v) is 1.40. The molecule has 0 bridgehead atoms. The first kappa shape index (κ1) is 10.7. The fourth-order valence-electron chi connectivity index (χ4n) is 1.40. The van der Waals surface area contributed by atoms with E-state index in [0.717, 1.165) is 37.2 Å². The van der Waals surface area contributed by atoms with Gasteiger partial charge in [0, 0.05) is 0 Å². The molecule has 2 aromatic heterocycles. The van der Waals surface area contributed by atoms with Gasteiger partial charge >= 0.3 is 0 Å². The SMILES string of the molecule is NCCCCc1cn(-c2cncnc2)nn1. The maximum atomic E-state index is 5.43. The van der Waals surface area contributed by atoms with Crippen LogP contribution in [0.5, 0.6) is 0 Å². The van der Waals surface area contributed by atoms with E-state index in [-0.39, 0.29) is 0 Å². The van der Waals surface area contributed by atoms with Crippen molar-refractivity contribution >= 4 is 0 Å². The minimum Gasteiger partial charge on any atom is -0.330 e. The lowest BCUT2D eigenvalue weighted by Crippen LogP contribution is -1.99. The Morgan fingerprint density at radius 1 is 1.19 bits per heavy atom. The summed E-state index contributed by atoms with van der Waals surface area (Å²) in [6, 6.07) is 0. The van der Waals surface area contributed by atoms with Crippen molar-refractivity contribution in [3.05, 3.63) is 30.6 Å². The molecule has 0 amide bonds. The van der Waals surface area contributed by atoms with Crippen molar-refractivity contribution in [3.8, 4) is 5.69 Å². The number of unbranched alkanes of at least 4 members (excludes halogenated alkanes) is 1. The zero-order valence-electron chi connectivity index (χ0n) is 8.95. The lowest BCUT2D eigenvalue weighted by molar-refractivity contribution is 0.727. The molecule has 0 saturated carbocycles. The third kappa shape index (κ3) is 2.60. The number of aromatic nitrogens is 5. The zero-order chi connectivity index (χ0) is 11.2. The van der Waals surface area contributed by atoms with E-state index in [1.165, 1.54) is 6.33 Å². The van der Waals surface area contributed by atoms with Crippen LogP contribution in [-0.4, -0.2) is 31.5 Å². The van der Waals surface area contributed by atoms with Crippen molar-refractivity contribution in [2.75, 3.05) is 6.54 Å². The summed E-state index contributed by atoms with van der Waals surface area (Å²) in [4.78, 5) is 7.86. The summed E-state index contributed by atoms with van der Waals surface area (Å²) in [6.45, 7) is 0.723. The lowest BCUT2D eigenvalue weighted by Gasteiger charge is -1.96. The summed E-state index contributed by atoms with van der Waals surface area (Å²) in [5, 5.41) is 8.10. The standard InChI is InChI=1S/C10H14N6/c11-4-2-1-3-9-7-16(15-14-9)10-5-12-8-13-6-10/h5-8H,1-4,11H2. The minimum atomic E-state index is 0.723. The molecule has 16 heavy (non-hydrogen) atoms. The highest BCUT2D eigenvalue weighted by Crippen LogP contribution is 2.05. The van der Waals surface area contributed by atoms with Crippen LogP contribution >= 0.6 is 0 Å². The van der Waals surface area contributed by atoms with E-state index >= 15 is 0 Å². The van der Waals surface area contributed by atoms with E-state index in [1.807, 2.05) is 6.20 Å². The average Bonchev–Trinajstić information content (AvgIpc) is 2.79. The highest BCUT2D eigenvalue weighted by Gasteiger charge is 2.02. The van der Waals surface area contributed by atoms with Crippen molar-refractivity contribution in [2.45, 2.75) is 19.3 Å². The third-order valence-corrected chi connectivity index (χ3v) is 2.24. The van der Waals surface area contributed by atoms with Gasteiger partial charge in [-0.25, -0.2) is 14.6 Å². The molecule has 2 heterocycles. The minimum absolute atomic E-state index is 0.723. The Labute approximate surface area is 93.5 Å². The predicted octanol–water partition coefficient (Wildman–Crippen LogP) is 0.339. The van der Waals surface area contributed by atoms with Crippen molar-refractivity contribution in [3.63, 3.8) is 0 Å². The molecule has 2 rings (SSSR count). The van der Waals surface area contributed by atoms with Gasteiger partial charge in [-0.3, -0.25) is 0 Å². The number of hydrogen-bond acceptors (Lipinski definition) is 5. The van der Waals surface area contributed by atoms with Crippen LogP contribution < -0.4 is 5.73 Å². The first-order valence-electron chi connectivity index (χ1n) is 5.27. The lowest BCUT2D eigenvalue weighted by atomic mass is 10.2. The molecule has 2 N–H and O–H groups in total. The second kappa shape index (κ2) is 5.32. The monoisotopic (exact) mass is 218 g/mol. The van der Waals surface area contributed by atoms with Crippen LogP contribution in [0, 0.1) is 0 Å². The molecule has 0 spiro atoms. The molecule has 0 aliphatic carbocycles. The van der Waals surface area contributed by atoms with E-state index < -0.39 is 0 Å². The van der Waals surface area contributed by atoms with Gasteiger partial charge in [0.1, 0.15) is 12.0 Å². The highest BCUT2D eigenvalue weighted by atomic mass is 15.4. The number of rotatable bonds is 5. The van der Waals surface area contributed by atoms with Gasteiger partial charge in [0.25, 0.3) is 0 Å². The Balaban J connectivity index is 2.02. The molecule has 0 saturated heterocycles. The van der Waals surface area contributed by atoms with Gasteiger partial charge in [0.05, 0.1) is 24.3 Å². The van der Waals surface area contributed by atoms with Gasteiger partial charge in [0.15, 0.2) is 0 Å². The predicted molar refractivity (Wildman–Crippen MR) is 58.9 cm³/mol. The molecule has 84 valence electrons. The number of nitrogens with zero attached hydrogens (tertiary/aromatic N) is 5. The van der Waals surface area contributed by atoms with E-state index in [4.69, 9.17) is 5.73 Å². The van der Waals surface area contributed by atoms with E-state index in [2.05, 4.69) is 20.3 Å². The van der Waals surface area contributed by atoms with Crippen molar-refractivity contribution < 1.29 is 0 Å². The molecule has 2 aromatic rings.